The molecule has 10 heteroatoms. The van der Waals surface area contributed by atoms with Crippen LogP contribution in [0.2, 0.25) is 0 Å². The minimum atomic E-state index is -1.30. The highest BCUT2D eigenvalue weighted by atomic mass is 16.6. The molecule has 0 amide bonds. The molecule has 0 atom stereocenters. The smallest absolute Gasteiger partial charge is 0.467 e. The van der Waals surface area contributed by atoms with Crippen molar-refractivity contribution in [2.24, 2.45) is 0 Å². The summed E-state index contributed by atoms with van der Waals surface area (Å²) in [5.74, 6) is -2.27. The summed E-state index contributed by atoms with van der Waals surface area (Å²) in [7, 11) is 0. The van der Waals surface area contributed by atoms with Crippen LogP contribution in [-0.4, -0.2) is 30.7 Å². The van der Waals surface area contributed by atoms with Crippen LogP contribution in [-0.2, 0) is 11.3 Å². The van der Waals surface area contributed by atoms with E-state index in [-0.39, 0.29) is 0 Å². The maximum absolute atomic E-state index is 10.3. The first-order chi connectivity index (χ1) is 6.91. The van der Waals surface area contributed by atoms with Crippen molar-refractivity contribution in [3.8, 4) is 0 Å². The summed E-state index contributed by atoms with van der Waals surface area (Å²) >= 11 is 0. The molecule has 0 fully saturated rings. The Balaban J connectivity index is 3.15. The molecule has 0 spiro atoms. The molecule has 0 aliphatic heterocycles. The van der Waals surface area contributed by atoms with E-state index in [4.69, 9.17) is 5.11 Å². The second-order valence-corrected chi connectivity index (χ2v) is 2.44. The molecule has 80 valence electrons. The normalized spacial score (nSPS) is 9.87. The molecule has 10 nitrogen and oxygen atoms in total. The Morgan fingerprint density at radius 2 is 2.07 bits per heavy atom. The molecular formula is C5H4N4O6. The van der Waals surface area contributed by atoms with Gasteiger partial charge in [0.15, 0.2) is 6.54 Å². The van der Waals surface area contributed by atoms with Gasteiger partial charge in [0.2, 0.25) is 0 Å². The third kappa shape index (κ3) is 2.24. The molecule has 1 heterocycles. The first kappa shape index (κ1) is 10.6. The quantitative estimate of drug-likeness (QED) is 0.541. The van der Waals surface area contributed by atoms with Crippen LogP contribution < -0.4 is 0 Å². The summed E-state index contributed by atoms with van der Waals surface area (Å²) in [5, 5.41) is 32.1. The van der Waals surface area contributed by atoms with Crippen LogP contribution in [0, 0.1) is 20.2 Å². The summed E-state index contributed by atoms with van der Waals surface area (Å²) in [4.78, 5) is 28.8. The van der Waals surface area contributed by atoms with Gasteiger partial charge in [0, 0.05) is 0 Å². The van der Waals surface area contributed by atoms with Gasteiger partial charge in [-0.3, -0.25) is 14.9 Å². The second kappa shape index (κ2) is 3.69. The van der Waals surface area contributed by atoms with Gasteiger partial charge in [-0.15, -0.1) is 0 Å². The van der Waals surface area contributed by atoms with Gasteiger partial charge in [-0.05, 0) is 4.92 Å². The zero-order valence-corrected chi connectivity index (χ0v) is 7.06. The van der Waals surface area contributed by atoms with Crippen molar-refractivity contribution in [3.05, 3.63) is 26.4 Å². The van der Waals surface area contributed by atoms with Crippen molar-refractivity contribution < 1.29 is 19.7 Å². The number of nitrogens with zero attached hydrogens (tertiary/aromatic N) is 4. The van der Waals surface area contributed by atoms with Gasteiger partial charge in [-0.1, -0.05) is 0 Å². The third-order valence-electron chi connectivity index (χ3n) is 1.39. The van der Waals surface area contributed by atoms with Crippen molar-refractivity contribution >= 4 is 17.5 Å². The summed E-state index contributed by atoms with van der Waals surface area (Å²) in [6.07, 6.45) is 0.701. The molecule has 0 unspecified atom stereocenters. The highest BCUT2D eigenvalue weighted by Crippen LogP contribution is 2.23. The molecule has 0 radical (unpaired) electrons. The summed E-state index contributed by atoms with van der Waals surface area (Å²) < 4.78 is 0.624. The fraction of sp³-hybridized carbons (Fsp3) is 0.200. The Kier molecular flexibility index (Phi) is 2.60. The van der Waals surface area contributed by atoms with Crippen LogP contribution >= 0.6 is 0 Å². The van der Waals surface area contributed by atoms with E-state index in [0.717, 1.165) is 0 Å². The van der Waals surface area contributed by atoms with Crippen molar-refractivity contribution in [3.63, 3.8) is 0 Å². The van der Waals surface area contributed by atoms with Crippen molar-refractivity contribution in [1.82, 2.24) is 9.78 Å². The Morgan fingerprint density at radius 3 is 2.40 bits per heavy atom. The Morgan fingerprint density at radius 1 is 1.47 bits per heavy atom. The number of rotatable bonds is 4. The van der Waals surface area contributed by atoms with Crippen LogP contribution in [0.1, 0.15) is 0 Å². The maximum Gasteiger partial charge on any atom is 0.467 e. The SMILES string of the molecule is O=C(O)Cn1cc([N+](=O)[O-])c([N+](=O)[O-])n1. The predicted molar refractivity (Wildman–Crippen MR) is 43.2 cm³/mol. The number of hydrogen-bond donors (Lipinski definition) is 1. The summed E-state index contributed by atoms with van der Waals surface area (Å²) in [5.41, 5.74) is -0.832. The molecule has 1 aromatic heterocycles. The lowest BCUT2D eigenvalue weighted by Gasteiger charge is -1.86. The van der Waals surface area contributed by atoms with Gasteiger partial charge in [-0.25, -0.2) is 0 Å². The topological polar surface area (TPSA) is 141 Å². The van der Waals surface area contributed by atoms with Gasteiger partial charge in [0.25, 0.3) is 0 Å². The predicted octanol–water partition coefficient (Wildman–Crippen LogP) is -0.216. The number of hydrogen-bond acceptors (Lipinski definition) is 6. The highest BCUT2D eigenvalue weighted by molar-refractivity contribution is 5.66. The summed E-state index contributed by atoms with van der Waals surface area (Å²) in [6, 6.07) is 0. The van der Waals surface area contributed by atoms with Crippen molar-refractivity contribution in [1.29, 1.82) is 0 Å². The maximum atomic E-state index is 10.3. The number of carbonyl (C=O) groups is 1. The van der Waals surface area contributed by atoms with Crippen LogP contribution in [0.15, 0.2) is 6.20 Å². The Labute approximate surface area is 81.0 Å². The lowest BCUT2D eigenvalue weighted by Crippen LogP contribution is -2.09. The zero-order chi connectivity index (χ0) is 11.6. The van der Waals surface area contributed by atoms with Crippen molar-refractivity contribution in [2.45, 2.75) is 6.54 Å². The van der Waals surface area contributed by atoms with E-state index in [1.807, 2.05) is 0 Å². The average Bonchev–Trinajstić information content (AvgIpc) is 2.46. The number of nitro groups is 2. The molecule has 0 aliphatic carbocycles. The molecule has 0 aliphatic rings. The summed E-state index contributed by atoms with van der Waals surface area (Å²) in [6.45, 7) is -0.672. The third-order valence-corrected chi connectivity index (χ3v) is 1.39. The van der Waals surface area contributed by atoms with E-state index in [1.165, 1.54) is 0 Å². The Hall–Kier alpha value is -2.52. The number of carboxylic acid groups (broad SMARTS) is 1. The van der Waals surface area contributed by atoms with E-state index in [1.54, 1.807) is 0 Å². The zero-order valence-electron chi connectivity index (χ0n) is 7.06. The Bertz CT molecular complexity index is 405. The lowest BCUT2D eigenvalue weighted by atomic mass is 10.5. The average molecular weight is 216 g/mol. The van der Waals surface area contributed by atoms with E-state index in [2.05, 4.69) is 5.10 Å². The standard InChI is InChI=1S/C5H4N4O6/c10-4(11)2-7-1-3(8(12)13)5(6-7)9(14)15/h1H,2H2,(H,10,11). The van der Waals surface area contributed by atoms with E-state index >= 15 is 0 Å². The number of carboxylic acids is 1. The molecule has 15 heavy (non-hydrogen) atoms. The van der Waals surface area contributed by atoms with Gasteiger partial charge in [0.05, 0.1) is 10.0 Å². The van der Waals surface area contributed by atoms with Crippen LogP contribution in [0.5, 0.6) is 0 Å². The van der Waals surface area contributed by atoms with Gasteiger partial charge >= 0.3 is 17.5 Å². The molecule has 0 bridgehead atoms. The van der Waals surface area contributed by atoms with Gasteiger partial charge < -0.3 is 15.2 Å². The van der Waals surface area contributed by atoms with Crippen LogP contribution in [0.25, 0.3) is 0 Å². The first-order valence-corrected chi connectivity index (χ1v) is 3.50. The fourth-order valence-electron chi connectivity index (χ4n) is 0.879. The minimum absolute atomic E-state index is 0.624. The molecule has 0 saturated carbocycles. The largest absolute Gasteiger partial charge is 0.480 e. The number of aromatic nitrogens is 2. The molecule has 1 aromatic rings. The first-order valence-electron chi connectivity index (χ1n) is 3.50. The monoisotopic (exact) mass is 216 g/mol. The van der Waals surface area contributed by atoms with Crippen LogP contribution in [0.3, 0.4) is 0 Å². The van der Waals surface area contributed by atoms with Crippen LogP contribution in [0.4, 0.5) is 11.5 Å². The molecular weight excluding hydrogens is 212 g/mol. The molecule has 1 rings (SSSR count). The van der Waals surface area contributed by atoms with Crippen molar-refractivity contribution in [2.75, 3.05) is 0 Å². The van der Waals surface area contributed by atoms with E-state index < -0.39 is 33.9 Å². The number of aliphatic carboxylic acids is 1. The van der Waals surface area contributed by atoms with E-state index in [0.29, 0.717) is 10.9 Å². The molecule has 0 aromatic carbocycles. The molecule has 1 N–H and O–H groups in total. The highest BCUT2D eigenvalue weighted by Gasteiger charge is 2.31. The second-order valence-electron chi connectivity index (χ2n) is 2.44. The van der Waals surface area contributed by atoms with Gasteiger partial charge in [0.1, 0.15) is 6.20 Å². The fourth-order valence-corrected chi connectivity index (χ4v) is 0.879. The van der Waals surface area contributed by atoms with E-state index in [9.17, 15) is 25.0 Å². The molecule has 0 saturated heterocycles. The lowest BCUT2D eigenvalue weighted by molar-refractivity contribution is -0.424. The van der Waals surface area contributed by atoms with Gasteiger partial charge in [-0.2, -0.15) is 4.68 Å². The minimum Gasteiger partial charge on any atom is -0.480 e.